The van der Waals surface area contributed by atoms with E-state index in [-0.39, 0.29) is 5.54 Å². The van der Waals surface area contributed by atoms with E-state index < -0.39 is 0 Å². The van der Waals surface area contributed by atoms with Gasteiger partial charge in [-0.15, -0.1) is 0 Å². The summed E-state index contributed by atoms with van der Waals surface area (Å²) in [6.45, 7) is 4.87. The predicted octanol–water partition coefficient (Wildman–Crippen LogP) is 2.89. The van der Waals surface area contributed by atoms with Crippen molar-refractivity contribution in [2.75, 3.05) is 13.2 Å². The second-order valence-corrected chi connectivity index (χ2v) is 5.55. The van der Waals surface area contributed by atoms with Crippen LogP contribution in [0.5, 0.6) is 0 Å². The van der Waals surface area contributed by atoms with E-state index in [1.807, 2.05) is 12.4 Å². The van der Waals surface area contributed by atoms with Crippen molar-refractivity contribution < 1.29 is 4.74 Å². The van der Waals surface area contributed by atoms with Crippen LogP contribution in [0.3, 0.4) is 0 Å². The van der Waals surface area contributed by atoms with E-state index in [0.29, 0.717) is 0 Å². The Morgan fingerprint density at radius 3 is 2.84 bits per heavy atom. The van der Waals surface area contributed by atoms with E-state index in [1.165, 1.54) is 16.3 Å². The molecule has 0 spiro atoms. The molecule has 1 aromatic carbocycles. The number of ether oxygens (including phenoxy) is 1. The molecule has 1 saturated heterocycles. The van der Waals surface area contributed by atoms with Crippen molar-refractivity contribution in [2.24, 2.45) is 0 Å². The Hall–Kier alpha value is -1.45. The topological polar surface area (TPSA) is 34.2 Å². The van der Waals surface area contributed by atoms with E-state index in [4.69, 9.17) is 4.74 Å². The summed E-state index contributed by atoms with van der Waals surface area (Å²) in [5.74, 6) is 0. The Labute approximate surface area is 114 Å². The van der Waals surface area contributed by atoms with Gasteiger partial charge < -0.3 is 10.1 Å². The van der Waals surface area contributed by atoms with Crippen LogP contribution in [0.1, 0.15) is 25.3 Å². The van der Waals surface area contributed by atoms with Crippen molar-refractivity contribution in [3.05, 3.63) is 42.2 Å². The molecule has 0 atom stereocenters. The lowest BCUT2D eigenvalue weighted by Gasteiger charge is -2.34. The highest BCUT2D eigenvalue weighted by molar-refractivity contribution is 5.84. The first-order valence-electron chi connectivity index (χ1n) is 6.91. The van der Waals surface area contributed by atoms with Gasteiger partial charge in [0.05, 0.1) is 0 Å². The number of rotatable bonds is 3. The molecule has 19 heavy (non-hydrogen) atoms. The Bertz CT molecular complexity index is 556. The lowest BCUT2D eigenvalue weighted by Crippen LogP contribution is -2.46. The molecule has 100 valence electrons. The second kappa shape index (κ2) is 5.27. The third kappa shape index (κ3) is 2.77. The molecule has 1 N–H and O–H groups in total. The van der Waals surface area contributed by atoms with E-state index in [2.05, 4.69) is 41.5 Å². The molecule has 1 fully saturated rings. The Morgan fingerprint density at radius 2 is 2.00 bits per heavy atom. The van der Waals surface area contributed by atoms with Gasteiger partial charge in [-0.25, -0.2) is 0 Å². The van der Waals surface area contributed by atoms with Gasteiger partial charge in [-0.1, -0.05) is 24.3 Å². The molecule has 3 rings (SSSR count). The SMILES string of the molecule is CC1(NCc2cncc3ccccc23)CCOCC1. The maximum absolute atomic E-state index is 5.43. The third-order valence-electron chi connectivity index (χ3n) is 4.05. The molecule has 0 aliphatic carbocycles. The van der Waals surface area contributed by atoms with Gasteiger partial charge in [-0.05, 0) is 30.7 Å². The fourth-order valence-electron chi connectivity index (χ4n) is 2.63. The molecule has 1 aliphatic rings. The largest absolute Gasteiger partial charge is 0.381 e. The number of hydrogen-bond donors (Lipinski definition) is 1. The molecule has 0 saturated carbocycles. The summed E-state index contributed by atoms with van der Waals surface area (Å²) in [5.41, 5.74) is 1.46. The average molecular weight is 256 g/mol. The smallest absolute Gasteiger partial charge is 0.0483 e. The van der Waals surface area contributed by atoms with Crippen LogP contribution in [-0.4, -0.2) is 23.7 Å². The van der Waals surface area contributed by atoms with Crippen molar-refractivity contribution in [1.82, 2.24) is 10.3 Å². The molecular weight excluding hydrogens is 236 g/mol. The highest BCUT2D eigenvalue weighted by Crippen LogP contribution is 2.22. The minimum atomic E-state index is 0.190. The molecule has 0 bridgehead atoms. The summed E-state index contributed by atoms with van der Waals surface area (Å²) in [5, 5.41) is 6.19. The van der Waals surface area contributed by atoms with Crippen LogP contribution in [0.4, 0.5) is 0 Å². The highest BCUT2D eigenvalue weighted by Gasteiger charge is 2.26. The molecule has 3 nitrogen and oxygen atoms in total. The molecule has 0 radical (unpaired) electrons. The molecule has 1 aliphatic heterocycles. The number of aromatic nitrogens is 1. The standard InChI is InChI=1S/C16H20N2O/c1-16(6-8-19-9-7-16)18-12-14-11-17-10-13-4-2-3-5-15(13)14/h2-5,10-11,18H,6-9,12H2,1H3. The maximum atomic E-state index is 5.43. The number of benzene rings is 1. The maximum Gasteiger partial charge on any atom is 0.0483 e. The first-order chi connectivity index (χ1) is 9.27. The lowest BCUT2D eigenvalue weighted by molar-refractivity contribution is 0.0446. The zero-order valence-corrected chi connectivity index (χ0v) is 11.4. The fraction of sp³-hybridized carbons (Fsp3) is 0.438. The minimum Gasteiger partial charge on any atom is -0.381 e. The average Bonchev–Trinajstić information content (AvgIpc) is 2.46. The highest BCUT2D eigenvalue weighted by atomic mass is 16.5. The molecule has 2 aromatic rings. The van der Waals surface area contributed by atoms with Crippen molar-refractivity contribution in [3.8, 4) is 0 Å². The van der Waals surface area contributed by atoms with Crippen LogP contribution < -0.4 is 5.32 Å². The van der Waals surface area contributed by atoms with E-state index in [0.717, 1.165) is 32.6 Å². The number of pyridine rings is 1. The third-order valence-corrected chi connectivity index (χ3v) is 4.05. The number of nitrogens with zero attached hydrogens (tertiary/aromatic N) is 1. The Balaban J connectivity index is 1.78. The van der Waals surface area contributed by atoms with Gasteiger partial charge in [0.2, 0.25) is 0 Å². The summed E-state index contributed by atoms with van der Waals surface area (Å²) >= 11 is 0. The van der Waals surface area contributed by atoms with E-state index in [9.17, 15) is 0 Å². The quantitative estimate of drug-likeness (QED) is 0.917. The normalized spacial score (nSPS) is 18.6. The summed E-state index contributed by atoms with van der Waals surface area (Å²) in [6, 6.07) is 8.42. The van der Waals surface area contributed by atoms with Crippen LogP contribution in [0.25, 0.3) is 10.8 Å². The van der Waals surface area contributed by atoms with Gasteiger partial charge in [0, 0.05) is 43.1 Å². The Kier molecular flexibility index (Phi) is 3.49. The van der Waals surface area contributed by atoms with E-state index in [1.54, 1.807) is 0 Å². The molecule has 3 heteroatoms. The first-order valence-corrected chi connectivity index (χ1v) is 6.91. The van der Waals surface area contributed by atoms with Crippen LogP contribution in [0, 0.1) is 0 Å². The van der Waals surface area contributed by atoms with Crippen molar-refractivity contribution in [3.63, 3.8) is 0 Å². The summed E-state index contributed by atoms with van der Waals surface area (Å²) in [7, 11) is 0. The fourth-order valence-corrected chi connectivity index (χ4v) is 2.63. The van der Waals surface area contributed by atoms with Crippen molar-refractivity contribution >= 4 is 10.8 Å². The van der Waals surface area contributed by atoms with E-state index >= 15 is 0 Å². The number of fused-ring (bicyclic) bond motifs is 1. The lowest BCUT2D eigenvalue weighted by atomic mass is 9.92. The van der Waals surface area contributed by atoms with Crippen LogP contribution in [0.15, 0.2) is 36.7 Å². The van der Waals surface area contributed by atoms with Gasteiger partial charge in [0.15, 0.2) is 0 Å². The summed E-state index contributed by atoms with van der Waals surface area (Å²) < 4.78 is 5.43. The van der Waals surface area contributed by atoms with Gasteiger partial charge in [-0.2, -0.15) is 0 Å². The minimum absolute atomic E-state index is 0.190. The summed E-state index contributed by atoms with van der Waals surface area (Å²) in [6.07, 6.45) is 6.05. The Morgan fingerprint density at radius 1 is 1.21 bits per heavy atom. The second-order valence-electron chi connectivity index (χ2n) is 5.55. The first kappa shape index (κ1) is 12.6. The molecule has 0 unspecified atom stereocenters. The zero-order valence-electron chi connectivity index (χ0n) is 11.4. The molecule has 1 aromatic heterocycles. The van der Waals surface area contributed by atoms with Crippen molar-refractivity contribution in [1.29, 1.82) is 0 Å². The summed E-state index contributed by atoms with van der Waals surface area (Å²) in [4.78, 5) is 4.33. The number of hydrogen-bond acceptors (Lipinski definition) is 3. The van der Waals surface area contributed by atoms with Crippen molar-refractivity contribution in [2.45, 2.75) is 31.8 Å². The monoisotopic (exact) mass is 256 g/mol. The molecular formula is C16H20N2O. The predicted molar refractivity (Wildman–Crippen MR) is 77.0 cm³/mol. The van der Waals surface area contributed by atoms with Crippen LogP contribution in [-0.2, 0) is 11.3 Å². The number of nitrogens with one attached hydrogen (secondary N) is 1. The molecule has 2 heterocycles. The van der Waals surface area contributed by atoms with Crippen LogP contribution >= 0.6 is 0 Å². The van der Waals surface area contributed by atoms with Gasteiger partial charge >= 0.3 is 0 Å². The zero-order chi connectivity index (χ0) is 13.1. The van der Waals surface area contributed by atoms with Crippen LogP contribution in [0.2, 0.25) is 0 Å². The molecule has 0 amide bonds. The van der Waals surface area contributed by atoms with Gasteiger partial charge in [0.1, 0.15) is 0 Å². The van der Waals surface area contributed by atoms with Gasteiger partial charge in [-0.3, -0.25) is 4.98 Å². The van der Waals surface area contributed by atoms with Gasteiger partial charge in [0.25, 0.3) is 0 Å².